The van der Waals surface area contributed by atoms with Crippen molar-refractivity contribution in [3.05, 3.63) is 47.9 Å². The van der Waals surface area contributed by atoms with Gasteiger partial charge in [-0.1, -0.05) is 6.07 Å². The zero-order valence-corrected chi connectivity index (χ0v) is 13.9. The summed E-state index contributed by atoms with van der Waals surface area (Å²) in [6.07, 6.45) is 5.42. The Morgan fingerprint density at radius 2 is 2.08 bits per heavy atom. The summed E-state index contributed by atoms with van der Waals surface area (Å²) in [5.41, 5.74) is 4.48. The highest BCUT2D eigenvalue weighted by Gasteiger charge is 2.24. The summed E-state index contributed by atoms with van der Waals surface area (Å²) in [6, 6.07) is 5.91. The van der Waals surface area contributed by atoms with Crippen LogP contribution >= 0.6 is 0 Å². The molecule has 0 saturated carbocycles. The van der Waals surface area contributed by atoms with Gasteiger partial charge in [0.1, 0.15) is 0 Å². The number of amides is 1. The number of rotatable bonds is 3. The van der Waals surface area contributed by atoms with E-state index in [1.54, 1.807) is 11.1 Å². The number of benzene rings is 1. The normalized spacial score (nSPS) is 13.8. The van der Waals surface area contributed by atoms with Gasteiger partial charge in [-0.15, -0.1) is 0 Å². The zero-order chi connectivity index (χ0) is 16.8. The predicted molar refractivity (Wildman–Crippen MR) is 90.0 cm³/mol. The minimum atomic E-state index is 0.0328. The summed E-state index contributed by atoms with van der Waals surface area (Å²) in [6.45, 7) is 4.56. The van der Waals surface area contributed by atoms with Gasteiger partial charge in [-0.05, 0) is 31.5 Å². The van der Waals surface area contributed by atoms with Crippen molar-refractivity contribution < 1.29 is 9.53 Å². The molecule has 0 fully saturated rings. The summed E-state index contributed by atoms with van der Waals surface area (Å²) < 4.78 is 7.70. The second-order valence-corrected chi connectivity index (χ2v) is 6.27. The third-order valence-electron chi connectivity index (χ3n) is 4.13. The van der Waals surface area contributed by atoms with Crippen LogP contribution in [0, 0.1) is 0 Å². The molecule has 122 valence electrons. The fraction of sp³-hybridized carbons (Fsp3) is 0.278. The molecular weight excluding hydrogens is 304 g/mol. The Morgan fingerprint density at radius 3 is 2.88 bits per heavy atom. The molecule has 6 nitrogen and oxygen atoms in total. The first kappa shape index (κ1) is 14.7. The SMILES string of the molecule is CC(C)Oc1nccn2c(-c3ccc4c(c3)CN(C)C4=O)cnc12. The molecule has 0 unspecified atom stereocenters. The predicted octanol–water partition coefficient (Wildman–Crippen LogP) is 2.77. The lowest BCUT2D eigenvalue weighted by Crippen LogP contribution is -2.17. The van der Waals surface area contributed by atoms with Gasteiger partial charge < -0.3 is 9.64 Å². The van der Waals surface area contributed by atoms with Crippen LogP contribution in [-0.2, 0) is 6.54 Å². The van der Waals surface area contributed by atoms with E-state index in [1.807, 2.05) is 49.8 Å². The monoisotopic (exact) mass is 322 g/mol. The second-order valence-electron chi connectivity index (χ2n) is 6.27. The van der Waals surface area contributed by atoms with Crippen molar-refractivity contribution in [2.45, 2.75) is 26.5 Å². The standard InChI is InChI=1S/C18H18N4O2/c1-11(2)24-17-16-20-9-15(22(16)7-6-19-17)12-4-5-14-13(8-12)10-21(3)18(14)23/h4-9,11H,10H2,1-3H3. The topological polar surface area (TPSA) is 59.7 Å². The molecule has 4 rings (SSSR count). The van der Waals surface area contributed by atoms with Crippen LogP contribution in [0.5, 0.6) is 5.88 Å². The Hall–Kier alpha value is -2.89. The summed E-state index contributed by atoms with van der Waals surface area (Å²) in [7, 11) is 1.82. The average Bonchev–Trinajstić information content (AvgIpc) is 3.09. The lowest BCUT2D eigenvalue weighted by molar-refractivity contribution is 0.0816. The fourth-order valence-electron chi connectivity index (χ4n) is 3.04. The molecule has 1 aromatic carbocycles. The first-order valence-electron chi connectivity index (χ1n) is 7.92. The Labute approximate surface area is 139 Å². The van der Waals surface area contributed by atoms with Gasteiger partial charge in [0, 0.05) is 37.1 Å². The van der Waals surface area contributed by atoms with Crippen molar-refractivity contribution >= 4 is 11.6 Å². The van der Waals surface area contributed by atoms with Gasteiger partial charge in [-0.2, -0.15) is 0 Å². The molecular formula is C18H18N4O2. The van der Waals surface area contributed by atoms with Crippen LogP contribution in [0.4, 0.5) is 0 Å². The highest BCUT2D eigenvalue weighted by atomic mass is 16.5. The third kappa shape index (κ3) is 2.22. The number of hydrogen-bond donors (Lipinski definition) is 0. The summed E-state index contributed by atoms with van der Waals surface area (Å²) in [5, 5.41) is 0. The zero-order valence-electron chi connectivity index (χ0n) is 13.9. The molecule has 2 aromatic heterocycles. The lowest BCUT2D eigenvalue weighted by atomic mass is 10.0. The van der Waals surface area contributed by atoms with Crippen LogP contribution in [-0.4, -0.2) is 38.3 Å². The summed E-state index contributed by atoms with van der Waals surface area (Å²) in [4.78, 5) is 22.5. The molecule has 0 atom stereocenters. The van der Waals surface area contributed by atoms with Crippen molar-refractivity contribution in [2.75, 3.05) is 7.05 Å². The van der Waals surface area contributed by atoms with Crippen LogP contribution in [0.2, 0.25) is 0 Å². The highest BCUT2D eigenvalue weighted by molar-refractivity contribution is 5.98. The Morgan fingerprint density at radius 1 is 1.25 bits per heavy atom. The minimum absolute atomic E-state index is 0.0328. The number of aromatic nitrogens is 3. The Bertz CT molecular complexity index is 945. The molecule has 0 saturated heterocycles. The van der Waals surface area contributed by atoms with Crippen LogP contribution in [0.1, 0.15) is 29.8 Å². The van der Waals surface area contributed by atoms with E-state index in [-0.39, 0.29) is 12.0 Å². The Kier molecular flexibility index (Phi) is 3.26. The molecule has 24 heavy (non-hydrogen) atoms. The van der Waals surface area contributed by atoms with E-state index in [0.717, 1.165) is 22.4 Å². The largest absolute Gasteiger partial charge is 0.472 e. The number of nitrogens with zero attached hydrogens (tertiary/aromatic N) is 4. The molecule has 1 aliphatic rings. The number of carbonyl (C=O) groups is 1. The van der Waals surface area contributed by atoms with Gasteiger partial charge in [0.2, 0.25) is 5.65 Å². The van der Waals surface area contributed by atoms with Gasteiger partial charge >= 0.3 is 0 Å². The molecule has 1 amide bonds. The molecule has 3 heterocycles. The van der Waals surface area contributed by atoms with Gasteiger partial charge in [0.25, 0.3) is 11.8 Å². The highest BCUT2D eigenvalue weighted by Crippen LogP contribution is 2.29. The molecule has 0 spiro atoms. The van der Waals surface area contributed by atoms with Gasteiger partial charge in [0.15, 0.2) is 0 Å². The van der Waals surface area contributed by atoms with E-state index in [1.165, 1.54) is 0 Å². The first-order chi connectivity index (χ1) is 11.5. The number of imidazole rings is 1. The maximum Gasteiger partial charge on any atom is 0.258 e. The van der Waals surface area contributed by atoms with E-state index >= 15 is 0 Å². The van der Waals surface area contributed by atoms with Crippen LogP contribution < -0.4 is 4.74 Å². The van der Waals surface area contributed by atoms with Crippen molar-refractivity contribution in [1.29, 1.82) is 0 Å². The molecule has 0 bridgehead atoms. The van der Waals surface area contributed by atoms with E-state index in [4.69, 9.17) is 4.74 Å². The van der Waals surface area contributed by atoms with E-state index in [2.05, 4.69) is 16.0 Å². The van der Waals surface area contributed by atoms with Crippen LogP contribution in [0.3, 0.4) is 0 Å². The maximum absolute atomic E-state index is 12.0. The molecule has 0 radical (unpaired) electrons. The Balaban J connectivity index is 1.81. The van der Waals surface area contributed by atoms with Gasteiger partial charge in [-0.25, -0.2) is 9.97 Å². The second kappa shape index (κ2) is 5.33. The van der Waals surface area contributed by atoms with E-state index in [9.17, 15) is 4.79 Å². The van der Waals surface area contributed by atoms with Crippen LogP contribution in [0.15, 0.2) is 36.8 Å². The fourth-order valence-corrected chi connectivity index (χ4v) is 3.04. The van der Waals surface area contributed by atoms with Crippen molar-refractivity contribution in [3.8, 4) is 17.1 Å². The van der Waals surface area contributed by atoms with Crippen molar-refractivity contribution in [2.24, 2.45) is 0 Å². The van der Waals surface area contributed by atoms with E-state index < -0.39 is 0 Å². The number of carbonyl (C=O) groups excluding carboxylic acids is 1. The first-order valence-corrected chi connectivity index (χ1v) is 7.92. The molecule has 0 N–H and O–H groups in total. The summed E-state index contributed by atoms with van der Waals surface area (Å²) in [5.74, 6) is 0.598. The molecule has 1 aliphatic heterocycles. The number of hydrogen-bond acceptors (Lipinski definition) is 4. The van der Waals surface area contributed by atoms with Gasteiger partial charge in [0.05, 0.1) is 18.0 Å². The average molecular weight is 322 g/mol. The smallest absolute Gasteiger partial charge is 0.258 e. The summed E-state index contributed by atoms with van der Waals surface area (Å²) >= 11 is 0. The van der Waals surface area contributed by atoms with Crippen LogP contribution in [0.25, 0.3) is 16.9 Å². The quantitative estimate of drug-likeness (QED) is 0.744. The lowest BCUT2D eigenvalue weighted by Gasteiger charge is -2.10. The van der Waals surface area contributed by atoms with Crippen molar-refractivity contribution in [1.82, 2.24) is 19.3 Å². The molecule has 0 aliphatic carbocycles. The minimum Gasteiger partial charge on any atom is -0.472 e. The van der Waals surface area contributed by atoms with Gasteiger partial charge in [-0.3, -0.25) is 9.20 Å². The molecule has 6 heteroatoms. The number of ether oxygens (including phenoxy) is 1. The molecule has 3 aromatic rings. The van der Waals surface area contributed by atoms with Crippen molar-refractivity contribution in [3.63, 3.8) is 0 Å². The third-order valence-corrected chi connectivity index (χ3v) is 4.13. The number of fused-ring (bicyclic) bond motifs is 2. The maximum atomic E-state index is 12.0. The van der Waals surface area contributed by atoms with E-state index in [0.29, 0.717) is 18.1 Å².